The smallest absolute Gasteiger partial charge is 0.205 e. The Morgan fingerprint density at radius 3 is 1.61 bits per heavy atom. The molecule has 8 heteroatoms. The van der Waals surface area contributed by atoms with Gasteiger partial charge in [0.2, 0.25) is 11.5 Å². The Kier molecular flexibility index (Phi) is 6.31. The van der Waals surface area contributed by atoms with Gasteiger partial charge in [-0.25, -0.2) is 0 Å². The van der Waals surface area contributed by atoms with Gasteiger partial charge in [0.15, 0.2) is 11.6 Å². The minimum atomic E-state index is -0.143. The molecule has 1 aromatic rings. The summed E-state index contributed by atoms with van der Waals surface area (Å²) in [5, 5.41) is 0. The van der Waals surface area contributed by atoms with Crippen molar-refractivity contribution in [3.8, 4) is 0 Å². The van der Waals surface area contributed by atoms with Crippen LogP contribution in [0.4, 0.5) is 5.69 Å². The predicted octanol–water partition coefficient (Wildman–Crippen LogP) is 3.93. The molecule has 0 fully saturated rings. The van der Waals surface area contributed by atoms with Crippen LogP contribution in [0.25, 0.3) is 0 Å². The maximum atomic E-state index is 11.7. The molecule has 0 spiro atoms. The van der Waals surface area contributed by atoms with Crippen LogP contribution < -0.4 is 0 Å². The molecular weight excluding hydrogens is 595 g/mol. The Hall–Kier alpha value is 0.570. The molecule has 0 N–H and O–H groups in total. The molecule has 0 aliphatic carbocycles. The van der Waals surface area contributed by atoms with Crippen LogP contribution in [0, 0.1) is 10.7 Å². The summed E-state index contributed by atoms with van der Waals surface area (Å²) < 4.78 is 16.2. The summed E-state index contributed by atoms with van der Waals surface area (Å²) in [6.07, 6.45) is 0. The van der Waals surface area contributed by atoms with E-state index in [1.807, 2.05) is 67.8 Å². The zero-order valence-corrected chi connectivity index (χ0v) is 16.5. The third kappa shape index (κ3) is 3.17. The second kappa shape index (κ2) is 6.83. The highest BCUT2D eigenvalue weighted by Gasteiger charge is 2.24. The van der Waals surface area contributed by atoms with Crippen LogP contribution in [-0.4, -0.2) is 15.8 Å². The van der Waals surface area contributed by atoms with Crippen molar-refractivity contribution in [1.29, 1.82) is 0 Å². The van der Waals surface area contributed by atoms with Gasteiger partial charge in [0.05, 0.1) is 7.14 Å². The number of nitrogens with zero attached hydrogens (tertiary/aromatic N) is 1. The fourth-order valence-corrected chi connectivity index (χ4v) is 6.90. The number of carbonyl (C=O) groups excluding carboxylic acids is 2. The summed E-state index contributed by atoms with van der Waals surface area (Å²) in [5.74, 6) is -0.287. The molecule has 0 amide bonds. The van der Waals surface area contributed by atoms with E-state index in [2.05, 4.69) is 4.36 Å². The number of hydrogen-bond donors (Lipinski definition) is 0. The highest BCUT2D eigenvalue weighted by Crippen LogP contribution is 2.37. The second-order valence-corrected chi connectivity index (χ2v) is 6.89. The zero-order chi connectivity index (χ0) is 14.0. The van der Waals surface area contributed by atoms with Crippen LogP contribution in [0.2, 0.25) is 0 Å². The fourth-order valence-electron chi connectivity index (χ4n) is 1.39. The summed E-state index contributed by atoms with van der Waals surface area (Å²) in [5.41, 5.74) is 1.32. The zero-order valence-electron chi connectivity index (χ0n) is 9.21. The van der Waals surface area contributed by atoms with Gasteiger partial charge in [-0.3, -0.25) is 9.59 Å². The number of benzene rings is 1. The lowest BCUT2D eigenvalue weighted by atomic mass is 10.0. The quantitative estimate of drug-likeness (QED) is 0.390. The van der Waals surface area contributed by atoms with Crippen LogP contribution in [0.15, 0.2) is 4.36 Å². The van der Waals surface area contributed by atoms with Crippen molar-refractivity contribution >= 4 is 96.5 Å². The van der Waals surface area contributed by atoms with Crippen molar-refractivity contribution in [2.24, 2.45) is 4.36 Å². The Morgan fingerprint density at radius 1 is 0.944 bits per heavy atom. The predicted molar refractivity (Wildman–Crippen MR) is 94.8 cm³/mol. The van der Waals surface area contributed by atoms with Gasteiger partial charge in [0, 0.05) is 14.7 Å². The average molecular weight is 601 g/mol. The number of carbonyl (C=O) groups is 2. The van der Waals surface area contributed by atoms with Gasteiger partial charge in [-0.2, -0.15) is 8.57 Å². The molecule has 0 radical (unpaired) electrons. The summed E-state index contributed by atoms with van der Waals surface area (Å²) in [7, 11) is 0. The van der Waals surface area contributed by atoms with Crippen molar-refractivity contribution in [1.82, 2.24) is 0 Å². The van der Waals surface area contributed by atoms with E-state index in [0.717, 1.165) is 0 Å². The summed E-state index contributed by atoms with van der Waals surface area (Å²) in [6, 6.07) is 0. The van der Waals surface area contributed by atoms with Gasteiger partial charge >= 0.3 is 0 Å². The molecule has 18 heavy (non-hydrogen) atoms. The van der Waals surface area contributed by atoms with E-state index < -0.39 is 0 Å². The normalized spacial score (nSPS) is 10.1. The van der Waals surface area contributed by atoms with Crippen LogP contribution in [-0.2, 0) is 11.5 Å². The van der Waals surface area contributed by atoms with E-state index >= 15 is 0 Å². The first-order valence-corrected chi connectivity index (χ1v) is 8.48. The molecule has 4 nitrogen and oxygen atoms in total. The molecule has 0 saturated carbocycles. The van der Waals surface area contributed by atoms with Crippen LogP contribution in [0.1, 0.15) is 34.6 Å². The molecule has 96 valence electrons. The standard InChI is InChI=1S/C10H6I3NO3S/c1-3(15)5-7(11)6(4(2)16)9(13)10(8(5)12)14-18-17/h1-2H3. The first-order valence-electron chi connectivity index (χ1n) is 4.55. The van der Waals surface area contributed by atoms with Crippen molar-refractivity contribution in [2.45, 2.75) is 13.8 Å². The van der Waals surface area contributed by atoms with Crippen LogP contribution in [0.5, 0.6) is 0 Å². The third-order valence-electron chi connectivity index (χ3n) is 2.13. The number of halogens is 3. The van der Waals surface area contributed by atoms with E-state index in [9.17, 15) is 13.8 Å². The monoisotopic (exact) mass is 601 g/mol. The Morgan fingerprint density at radius 2 is 1.33 bits per heavy atom. The molecule has 0 atom stereocenters. The minimum Gasteiger partial charge on any atom is -0.294 e. The lowest BCUT2D eigenvalue weighted by Gasteiger charge is -2.13. The summed E-state index contributed by atoms with van der Waals surface area (Å²) in [4.78, 5) is 23.4. The number of Topliss-reactive ketones (excluding diaryl/α,β-unsaturated/α-hetero) is 2. The Bertz CT molecular complexity index is 523. The Balaban J connectivity index is 3.93. The molecule has 0 saturated heterocycles. The van der Waals surface area contributed by atoms with E-state index in [1.54, 1.807) is 0 Å². The molecule has 0 aromatic heterocycles. The van der Waals surface area contributed by atoms with Crippen molar-refractivity contribution in [3.63, 3.8) is 0 Å². The van der Waals surface area contributed by atoms with Crippen LogP contribution >= 0.6 is 67.8 Å². The number of hydrogen-bond acceptors (Lipinski definition) is 4. The fraction of sp³-hybridized carbons (Fsp3) is 0.200. The van der Waals surface area contributed by atoms with E-state index in [-0.39, 0.29) is 23.0 Å². The molecule has 1 aromatic carbocycles. The molecule has 1 rings (SSSR count). The topological polar surface area (TPSA) is 63.6 Å². The highest BCUT2D eigenvalue weighted by molar-refractivity contribution is 14.1. The maximum absolute atomic E-state index is 11.7. The van der Waals surface area contributed by atoms with Gasteiger partial charge < -0.3 is 0 Å². The largest absolute Gasteiger partial charge is 0.294 e. The number of ketones is 2. The maximum Gasteiger partial charge on any atom is 0.205 e. The molecule has 0 heterocycles. The molecular formula is C10H6I3NO3S. The second-order valence-electron chi connectivity index (χ2n) is 3.32. The lowest BCUT2D eigenvalue weighted by Crippen LogP contribution is -2.09. The van der Waals surface area contributed by atoms with Gasteiger partial charge in [0.1, 0.15) is 5.69 Å². The minimum absolute atomic E-state index is 0.0701. The molecule has 0 unspecified atom stereocenters. The first kappa shape index (κ1) is 16.6. The van der Waals surface area contributed by atoms with Crippen molar-refractivity contribution in [2.75, 3.05) is 0 Å². The molecule has 0 aliphatic heterocycles. The number of rotatable bonds is 3. The van der Waals surface area contributed by atoms with Crippen molar-refractivity contribution < 1.29 is 13.8 Å². The van der Waals surface area contributed by atoms with Gasteiger partial charge in [-0.15, -0.1) is 0 Å². The SMILES string of the molecule is CC(=O)c1c(I)c(N=S=O)c(I)c(C(C)=O)c1I. The van der Waals surface area contributed by atoms with Gasteiger partial charge in [-0.1, -0.05) is 0 Å². The summed E-state index contributed by atoms with van der Waals surface area (Å²) in [6.45, 7) is 2.87. The highest BCUT2D eigenvalue weighted by atomic mass is 127. The van der Waals surface area contributed by atoms with E-state index in [0.29, 0.717) is 27.5 Å². The van der Waals surface area contributed by atoms with Crippen molar-refractivity contribution in [3.05, 3.63) is 21.8 Å². The molecule has 0 aliphatic rings. The van der Waals surface area contributed by atoms with Crippen LogP contribution in [0.3, 0.4) is 0 Å². The lowest BCUT2D eigenvalue weighted by molar-refractivity contribution is 0.101. The van der Waals surface area contributed by atoms with E-state index in [4.69, 9.17) is 0 Å². The van der Waals surface area contributed by atoms with Gasteiger partial charge in [-0.05, 0) is 81.6 Å². The average Bonchev–Trinajstić information content (AvgIpc) is 2.23. The first-order chi connectivity index (χ1) is 8.32. The Labute approximate surface area is 148 Å². The summed E-state index contributed by atoms with van der Waals surface area (Å²) >= 11 is 6.03. The molecule has 0 bridgehead atoms. The van der Waals surface area contributed by atoms with E-state index in [1.165, 1.54) is 13.8 Å². The van der Waals surface area contributed by atoms with Gasteiger partial charge in [0.25, 0.3) is 0 Å². The third-order valence-corrected chi connectivity index (χ3v) is 5.56.